The van der Waals surface area contributed by atoms with Gasteiger partial charge in [-0.15, -0.1) is 0 Å². The van der Waals surface area contributed by atoms with Gasteiger partial charge in [-0.3, -0.25) is 0 Å². The van der Waals surface area contributed by atoms with Crippen molar-refractivity contribution in [3.63, 3.8) is 0 Å². The van der Waals surface area contributed by atoms with Crippen molar-refractivity contribution < 1.29 is 5.11 Å². The second kappa shape index (κ2) is 6.36. The Morgan fingerprint density at radius 1 is 1.69 bits per heavy atom. The average Bonchev–Trinajstić information content (AvgIpc) is 2.31. The van der Waals surface area contributed by atoms with Crippen LogP contribution in [0.5, 0.6) is 0 Å². The number of aliphatic hydroxyl groups excluding tert-OH is 1. The van der Waals surface area contributed by atoms with Gasteiger partial charge in [-0.2, -0.15) is 17.0 Å². The molecule has 5 heteroatoms. The summed E-state index contributed by atoms with van der Waals surface area (Å²) in [4.78, 5) is 4.13. The fraction of sp³-hybridized carbons (Fsp3) is 0.455. The van der Waals surface area contributed by atoms with Gasteiger partial charge in [-0.25, -0.2) is 4.98 Å². The summed E-state index contributed by atoms with van der Waals surface area (Å²) in [5, 5.41) is 21.2. The van der Waals surface area contributed by atoms with Crippen LogP contribution in [0.3, 0.4) is 0 Å². The van der Waals surface area contributed by atoms with Gasteiger partial charge in [0.15, 0.2) is 0 Å². The Balaban J connectivity index is 2.69. The Bertz CT molecular complexity index is 374. The van der Waals surface area contributed by atoms with E-state index >= 15 is 0 Å². The quantitative estimate of drug-likeness (QED) is 0.811. The first-order valence-electron chi connectivity index (χ1n) is 4.97. The first-order valence-corrected chi connectivity index (χ1v) is 6.26. The molecule has 1 heterocycles. The van der Waals surface area contributed by atoms with Crippen LogP contribution in [-0.4, -0.2) is 34.2 Å². The molecule has 0 amide bonds. The molecule has 0 bridgehead atoms. The van der Waals surface area contributed by atoms with Crippen molar-refractivity contribution in [3.8, 4) is 6.07 Å². The molecule has 86 valence electrons. The molecule has 2 N–H and O–H groups in total. The normalized spacial score (nSPS) is 13.9. The molecule has 1 aromatic rings. The highest BCUT2D eigenvalue weighted by molar-refractivity contribution is 7.99. The number of aliphatic hydroxyl groups is 1. The van der Waals surface area contributed by atoms with Crippen molar-refractivity contribution in [1.82, 2.24) is 4.98 Å². The number of rotatable bonds is 5. The minimum Gasteiger partial charge on any atom is -0.395 e. The third-order valence-electron chi connectivity index (χ3n) is 2.30. The molecule has 2 unspecified atom stereocenters. The van der Waals surface area contributed by atoms with Crippen LogP contribution in [0.15, 0.2) is 18.3 Å². The summed E-state index contributed by atoms with van der Waals surface area (Å²) in [6.07, 6.45) is 3.55. The topological polar surface area (TPSA) is 68.9 Å². The Labute approximate surface area is 99.7 Å². The van der Waals surface area contributed by atoms with Crippen LogP contribution < -0.4 is 5.32 Å². The maximum atomic E-state index is 9.14. The largest absolute Gasteiger partial charge is 0.395 e. The molecule has 0 aliphatic rings. The van der Waals surface area contributed by atoms with Gasteiger partial charge in [0.05, 0.1) is 18.2 Å². The van der Waals surface area contributed by atoms with Crippen molar-refractivity contribution in [1.29, 1.82) is 5.26 Å². The summed E-state index contributed by atoms with van der Waals surface area (Å²) >= 11 is 1.60. The molecule has 0 fully saturated rings. The first-order chi connectivity index (χ1) is 7.71. The molecule has 0 radical (unpaired) electrons. The number of pyridine rings is 1. The Morgan fingerprint density at radius 2 is 2.44 bits per heavy atom. The fourth-order valence-electron chi connectivity index (χ4n) is 1.34. The van der Waals surface area contributed by atoms with Crippen LogP contribution in [0, 0.1) is 11.3 Å². The summed E-state index contributed by atoms with van der Waals surface area (Å²) in [6, 6.07) is 5.52. The minimum absolute atomic E-state index is 0.0986. The number of nitriles is 1. The van der Waals surface area contributed by atoms with E-state index in [0.29, 0.717) is 11.4 Å². The van der Waals surface area contributed by atoms with Gasteiger partial charge >= 0.3 is 0 Å². The van der Waals surface area contributed by atoms with Crippen LogP contribution in [-0.2, 0) is 0 Å². The molecular weight excluding hydrogens is 222 g/mol. The van der Waals surface area contributed by atoms with E-state index in [-0.39, 0.29) is 17.9 Å². The Hall–Kier alpha value is -1.25. The van der Waals surface area contributed by atoms with Gasteiger partial charge < -0.3 is 10.4 Å². The van der Waals surface area contributed by atoms with Crippen molar-refractivity contribution in [3.05, 3.63) is 23.9 Å². The maximum absolute atomic E-state index is 9.14. The number of anilines is 1. The van der Waals surface area contributed by atoms with Crippen LogP contribution in [0.1, 0.15) is 12.5 Å². The maximum Gasteiger partial charge on any atom is 0.127 e. The number of hydrogen-bond donors (Lipinski definition) is 2. The predicted molar refractivity (Wildman–Crippen MR) is 66.4 cm³/mol. The zero-order valence-corrected chi connectivity index (χ0v) is 10.2. The van der Waals surface area contributed by atoms with Crippen LogP contribution in [0.25, 0.3) is 0 Å². The van der Waals surface area contributed by atoms with Gasteiger partial charge in [0.25, 0.3) is 0 Å². The average molecular weight is 237 g/mol. The van der Waals surface area contributed by atoms with Crippen LogP contribution >= 0.6 is 11.8 Å². The summed E-state index contributed by atoms with van der Waals surface area (Å²) in [5.74, 6) is 0.666. The fourth-order valence-corrected chi connectivity index (χ4v) is 1.97. The second-order valence-corrected chi connectivity index (χ2v) is 4.51. The van der Waals surface area contributed by atoms with Crippen molar-refractivity contribution in [2.75, 3.05) is 18.2 Å². The molecule has 16 heavy (non-hydrogen) atoms. The lowest BCUT2D eigenvalue weighted by Gasteiger charge is -2.21. The number of thioether (sulfide) groups is 1. The third-order valence-corrected chi connectivity index (χ3v) is 3.47. The smallest absolute Gasteiger partial charge is 0.127 e. The van der Waals surface area contributed by atoms with Gasteiger partial charge in [0, 0.05) is 17.5 Å². The summed E-state index contributed by atoms with van der Waals surface area (Å²) < 4.78 is 0. The van der Waals surface area contributed by atoms with Crippen LogP contribution in [0.2, 0.25) is 0 Å². The zero-order valence-electron chi connectivity index (χ0n) is 9.34. The highest BCUT2D eigenvalue weighted by Crippen LogP contribution is 2.15. The van der Waals surface area contributed by atoms with E-state index in [4.69, 9.17) is 10.4 Å². The molecule has 0 aliphatic heterocycles. The number of hydrogen-bond acceptors (Lipinski definition) is 5. The molecule has 0 aromatic carbocycles. The van der Waals surface area contributed by atoms with E-state index in [1.54, 1.807) is 30.1 Å². The molecule has 0 saturated carbocycles. The minimum atomic E-state index is 0.0986. The summed E-state index contributed by atoms with van der Waals surface area (Å²) in [7, 11) is 0. The SMILES string of the molecule is CSC(CO)C(C)Nc1cc(C#N)ccn1. The number of nitrogens with one attached hydrogen (secondary N) is 1. The molecule has 1 aromatic heterocycles. The van der Waals surface area contributed by atoms with Crippen molar-refractivity contribution in [2.45, 2.75) is 18.2 Å². The van der Waals surface area contributed by atoms with Gasteiger partial charge in [-0.1, -0.05) is 0 Å². The lowest BCUT2D eigenvalue weighted by atomic mass is 10.2. The molecule has 0 saturated heterocycles. The van der Waals surface area contributed by atoms with E-state index in [9.17, 15) is 0 Å². The zero-order chi connectivity index (χ0) is 12.0. The molecule has 2 atom stereocenters. The lowest BCUT2D eigenvalue weighted by Crippen LogP contribution is -2.31. The van der Waals surface area contributed by atoms with E-state index in [1.165, 1.54) is 0 Å². The van der Waals surface area contributed by atoms with E-state index in [1.807, 2.05) is 13.2 Å². The third kappa shape index (κ3) is 3.40. The van der Waals surface area contributed by atoms with Crippen molar-refractivity contribution in [2.24, 2.45) is 0 Å². The predicted octanol–water partition coefficient (Wildman–Crippen LogP) is 1.48. The highest BCUT2D eigenvalue weighted by atomic mass is 32.2. The number of aromatic nitrogens is 1. The van der Waals surface area contributed by atoms with Gasteiger partial charge in [0.1, 0.15) is 5.82 Å². The van der Waals surface area contributed by atoms with Gasteiger partial charge in [-0.05, 0) is 25.3 Å². The standard InChI is InChI=1S/C11H15N3OS/c1-8(10(7-15)16-2)14-11-5-9(6-12)3-4-13-11/h3-5,8,10,15H,7H2,1-2H3,(H,13,14). The summed E-state index contributed by atoms with van der Waals surface area (Å²) in [6.45, 7) is 2.10. The van der Waals surface area contributed by atoms with Crippen LogP contribution in [0.4, 0.5) is 5.82 Å². The van der Waals surface area contributed by atoms with Gasteiger partial charge in [0.2, 0.25) is 0 Å². The lowest BCUT2D eigenvalue weighted by molar-refractivity contribution is 0.288. The molecule has 0 spiro atoms. The Morgan fingerprint density at radius 3 is 3.00 bits per heavy atom. The monoisotopic (exact) mass is 237 g/mol. The van der Waals surface area contributed by atoms with Crippen molar-refractivity contribution >= 4 is 17.6 Å². The summed E-state index contributed by atoms with van der Waals surface area (Å²) in [5.41, 5.74) is 0.578. The van der Waals surface area contributed by atoms with E-state index in [2.05, 4.69) is 16.4 Å². The molecule has 1 rings (SSSR count). The Kier molecular flexibility index (Phi) is 5.09. The van der Waals surface area contributed by atoms with E-state index in [0.717, 1.165) is 0 Å². The molecule has 4 nitrogen and oxygen atoms in total. The van der Waals surface area contributed by atoms with E-state index < -0.39 is 0 Å². The number of nitrogens with zero attached hydrogens (tertiary/aromatic N) is 2. The highest BCUT2D eigenvalue weighted by Gasteiger charge is 2.15. The molecule has 0 aliphatic carbocycles. The first kappa shape index (κ1) is 12.8. The molecular formula is C11H15N3OS. The second-order valence-electron chi connectivity index (χ2n) is 3.43.